The maximum Gasteiger partial charge on any atom is 0.303 e. The molecule has 4 nitrogen and oxygen atoms in total. The van der Waals surface area contributed by atoms with Crippen LogP contribution < -0.4 is 5.32 Å². The molecule has 6 heteroatoms. The standard InChI is InChI=1S/C16H18FNO3S/c1-9-11-8-10(17)4-5-12(11)22-14(9)15(21)18-16(2,3)7-6-13(19)20/h4-5,8H,6-7H2,1-3H3,(H,18,21)(H,19,20). The first-order chi connectivity index (χ1) is 10.2. The van der Waals surface area contributed by atoms with Gasteiger partial charge in [-0.2, -0.15) is 0 Å². The number of hydrogen-bond acceptors (Lipinski definition) is 3. The lowest BCUT2D eigenvalue weighted by Crippen LogP contribution is -2.43. The third-order valence-electron chi connectivity index (χ3n) is 3.52. The van der Waals surface area contributed by atoms with Crippen LogP contribution in [0.2, 0.25) is 0 Å². The molecule has 22 heavy (non-hydrogen) atoms. The van der Waals surface area contributed by atoms with E-state index in [1.807, 2.05) is 0 Å². The van der Waals surface area contributed by atoms with Gasteiger partial charge in [-0.05, 0) is 56.3 Å². The van der Waals surface area contributed by atoms with Crippen LogP contribution in [0.5, 0.6) is 0 Å². The molecule has 2 rings (SSSR count). The highest BCUT2D eigenvalue weighted by Crippen LogP contribution is 2.31. The van der Waals surface area contributed by atoms with Gasteiger partial charge in [0.15, 0.2) is 0 Å². The number of carbonyl (C=O) groups excluding carboxylic acids is 1. The normalized spacial score (nSPS) is 11.6. The number of carbonyl (C=O) groups is 2. The summed E-state index contributed by atoms with van der Waals surface area (Å²) in [6.45, 7) is 5.36. The molecule has 1 aromatic carbocycles. The lowest BCUT2D eigenvalue weighted by atomic mass is 9.98. The van der Waals surface area contributed by atoms with Crippen LogP contribution in [-0.2, 0) is 4.79 Å². The van der Waals surface area contributed by atoms with Crippen molar-refractivity contribution in [1.29, 1.82) is 0 Å². The fraction of sp³-hybridized carbons (Fsp3) is 0.375. The molecule has 0 saturated carbocycles. The summed E-state index contributed by atoms with van der Waals surface area (Å²) < 4.78 is 14.2. The largest absolute Gasteiger partial charge is 0.481 e. The molecule has 0 radical (unpaired) electrons. The fourth-order valence-electron chi connectivity index (χ4n) is 2.26. The molecule has 0 unspecified atom stereocenters. The molecule has 0 aliphatic heterocycles. The number of benzene rings is 1. The quantitative estimate of drug-likeness (QED) is 0.881. The Hall–Kier alpha value is -1.95. The number of rotatable bonds is 5. The van der Waals surface area contributed by atoms with E-state index in [9.17, 15) is 14.0 Å². The van der Waals surface area contributed by atoms with Crippen molar-refractivity contribution in [2.75, 3.05) is 0 Å². The topological polar surface area (TPSA) is 66.4 Å². The van der Waals surface area contributed by atoms with Crippen LogP contribution in [0.3, 0.4) is 0 Å². The summed E-state index contributed by atoms with van der Waals surface area (Å²) in [7, 11) is 0. The summed E-state index contributed by atoms with van der Waals surface area (Å²) >= 11 is 1.31. The molecule has 0 fully saturated rings. The van der Waals surface area contributed by atoms with Gasteiger partial charge in [-0.15, -0.1) is 11.3 Å². The average Bonchev–Trinajstić information content (AvgIpc) is 2.74. The molecule has 0 atom stereocenters. The van der Waals surface area contributed by atoms with Crippen molar-refractivity contribution in [3.8, 4) is 0 Å². The Balaban J connectivity index is 2.22. The molecule has 2 N–H and O–H groups in total. The van der Waals surface area contributed by atoms with E-state index in [1.165, 1.54) is 23.5 Å². The van der Waals surface area contributed by atoms with E-state index in [0.29, 0.717) is 11.3 Å². The van der Waals surface area contributed by atoms with Gasteiger partial charge < -0.3 is 10.4 Å². The number of halogens is 1. The van der Waals surface area contributed by atoms with Gasteiger partial charge in [0.1, 0.15) is 5.82 Å². The first-order valence-corrected chi connectivity index (χ1v) is 7.74. The minimum absolute atomic E-state index is 0.0100. The number of nitrogens with one attached hydrogen (secondary N) is 1. The second kappa shape index (κ2) is 6.04. The minimum Gasteiger partial charge on any atom is -0.481 e. The number of thiophene rings is 1. The van der Waals surface area contributed by atoms with E-state index < -0.39 is 11.5 Å². The summed E-state index contributed by atoms with van der Waals surface area (Å²) in [6.07, 6.45) is 0.330. The number of fused-ring (bicyclic) bond motifs is 1. The summed E-state index contributed by atoms with van der Waals surface area (Å²) in [5, 5.41) is 12.3. The Morgan fingerprint density at radius 1 is 1.36 bits per heavy atom. The van der Waals surface area contributed by atoms with Gasteiger partial charge in [0, 0.05) is 16.7 Å². The molecule has 0 aliphatic carbocycles. The van der Waals surface area contributed by atoms with Gasteiger partial charge in [-0.3, -0.25) is 9.59 Å². The van der Waals surface area contributed by atoms with Gasteiger partial charge >= 0.3 is 5.97 Å². The second-order valence-corrected chi connectivity index (χ2v) is 6.98. The maximum absolute atomic E-state index is 13.3. The number of aliphatic carboxylic acids is 1. The highest BCUT2D eigenvalue weighted by Gasteiger charge is 2.24. The Labute approximate surface area is 132 Å². The lowest BCUT2D eigenvalue weighted by molar-refractivity contribution is -0.137. The Morgan fingerprint density at radius 2 is 2.05 bits per heavy atom. The number of hydrogen-bond donors (Lipinski definition) is 2. The summed E-state index contributed by atoms with van der Waals surface area (Å²) in [6, 6.07) is 4.46. The van der Waals surface area contributed by atoms with Crippen LogP contribution in [0.25, 0.3) is 10.1 Å². The average molecular weight is 323 g/mol. The first-order valence-electron chi connectivity index (χ1n) is 6.92. The predicted molar refractivity (Wildman–Crippen MR) is 84.9 cm³/mol. The van der Waals surface area contributed by atoms with Crippen molar-refractivity contribution in [2.24, 2.45) is 0 Å². The van der Waals surface area contributed by atoms with Gasteiger partial charge in [0.2, 0.25) is 0 Å². The van der Waals surface area contributed by atoms with Crippen LogP contribution in [-0.4, -0.2) is 22.5 Å². The van der Waals surface area contributed by atoms with E-state index in [-0.39, 0.29) is 18.1 Å². The van der Waals surface area contributed by atoms with Gasteiger partial charge in [-0.25, -0.2) is 4.39 Å². The van der Waals surface area contributed by atoms with E-state index >= 15 is 0 Å². The summed E-state index contributed by atoms with van der Waals surface area (Å²) in [4.78, 5) is 23.6. The van der Waals surface area contributed by atoms with Gasteiger partial charge in [0.05, 0.1) is 4.88 Å². The Bertz CT molecular complexity index is 736. The fourth-order valence-corrected chi connectivity index (χ4v) is 3.34. The molecule has 0 saturated heterocycles. The van der Waals surface area contributed by atoms with E-state index in [0.717, 1.165) is 15.6 Å². The van der Waals surface area contributed by atoms with Gasteiger partial charge in [-0.1, -0.05) is 0 Å². The highest BCUT2D eigenvalue weighted by molar-refractivity contribution is 7.21. The van der Waals surface area contributed by atoms with Crippen molar-refractivity contribution in [3.63, 3.8) is 0 Å². The smallest absolute Gasteiger partial charge is 0.303 e. The third-order valence-corrected chi connectivity index (χ3v) is 4.79. The molecule has 1 aromatic heterocycles. The summed E-state index contributed by atoms with van der Waals surface area (Å²) in [5.74, 6) is -1.48. The molecule has 0 bridgehead atoms. The van der Waals surface area contributed by atoms with Crippen molar-refractivity contribution < 1.29 is 19.1 Å². The zero-order valence-corrected chi connectivity index (χ0v) is 13.5. The first kappa shape index (κ1) is 16.4. The zero-order chi connectivity index (χ0) is 16.5. The highest BCUT2D eigenvalue weighted by atomic mass is 32.1. The van der Waals surface area contributed by atoms with Crippen molar-refractivity contribution in [1.82, 2.24) is 5.32 Å². The molecule has 0 aliphatic rings. The molecular formula is C16H18FNO3S. The number of amides is 1. The third kappa shape index (κ3) is 3.62. The van der Waals surface area contributed by atoms with Crippen molar-refractivity contribution >= 4 is 33.3 Å². The van der Waals surface area contributed by atoms with Crippen LogP contribution >= 0.6 is 11.3 Å². The zero-order valence-electron chi connectivity index (χ0n) is 12.7. The SMILES string of the molecule is Cc1c(C(=O)NC(C)(C)CCC(=O)O)sc2ccc(F)cc12. The molecule has 1 amide bonds. The van der Waals surface area contributed by atoms with Crippen LogP contribution in [0.15, 0.2) is 18.2 Å². The van der Waals surface area contributed by atoms with E-state index in [4.69, 9.17) is 5.11 Å². The van der Waals surface area contributed by atoms with Crippen LogP contribution in [0.4, 0.5) is 4.39 Å². The molecule has 1 heterocycles. The number of aryl methyl sites for hydroxylation is 1. The van der Waals surface area contributed by atoms with Crippen LogP contribution in [0, 0.1) is 12.7 Å². The van der Waals surface area contributed by atoms with Crippen LogP contribution in [0.1, 0.15) is 41.9 Å². The predicted octanol–water partition coefficient (Wildman–Crippen LogP) is 3.72. The maximum atomic E-state index is 13.3. The lowest BCUT2D eigenvalue weighted by Gasteiger charge is -2.25. The van der Waals surface area contributed by atoms with Crippen molar-refractivity contribution in [2.45, 2.75) is 39.2 Å². The molecule has 0 spiro atoms. The molecule has 118 valence electrons. The second-order valence-electron chi connectivity index (χ2n) is 5.93. The number of carboxylic acid groups (broad SMARTS) is 1. The van der Waals surface area contributed by atoms with E-state index in [1.54, 1.807) is 26.8 Å². The minimum atomic E-state index is -0.893. The monoisotopic (exact) mass is 323 g/mol. The summed E-state index contributed by atoms with van der Waals surface area (Å²) in [5.41, 5.74) is 0.120. The molecule has 2 aromatic rings. The Kier molecular flexibility index (Phi) is 4.51. The molecular weight excluding hydrogens is 305 g/mol. The van der Waals surface area contributed by atoms with E-state index in [2.05, 4.69) is 5.32 Å². The number of carboxylic acids is 1. The van der Waals surface area contributed by atoms with Crippen molar-refractivity contribution in [3.05, 3.63) is 34.5 Å². The van der Waals surface area contributed by atoms with Gasteiger partial charge in [0.25, 0.3) is 5.91 Å². The Morgan fingerprint density at radius 3 is 2.68 bits per heavy atom.